The Kier molecular flexibility index (Phi) is 4.13. The van der Waals surface area contributed by atoms with Gasteiger partial charge in [0.05, 0.1) is 13.2 Å². The Balaban J connectivity index is 2.69. The van der Waals surface area contributed by atoms with Gasteiger partial charge in [-0.2, -0.15) is 0 Å². The predicted octanol–water partition coefficient (Wildman–Crippen LogP) is 0.364. The van der Waals surface area contributed by atoms with Gasteiger partial charge in [-0.15, -0.1) is 0 Å². The van der Waals surface area contributed by atoms with Gasteiger partial charge in [-0.05, 0) is 25.1 Å². The number of hydrogen-bond donors (Lipinski definition) is 3. The number of carbonyl (C=O) groups is 1. The summed E-state index contributed by atoms with van der Waals surface area (Å²) in [5.74, 6) is 0.383. The van der Waals surface area contributed by atoms with E-state index in [1.165, 1.54) is 0 Å². The van der Waals surface area contributed by atoms with E-state index in [-0.39, 0.29) is 5.75 Å². The third-order valence-electron chi connectivity index (χ3n) is 2.31. The van der Waals surface area contributed by atoms with Crippen molar-refractivity contribution in [3.8, 4) is 11.5 Å². The number of benzene rings is 1. The number of carbonyl (C=O) groups excluding carboxylic acids is 1. The Morgan fingerprint density at radius 3 is 2.88 bits per heavy atom. The number of ether oxygens (including phenoxy) is 1. The monoisotopic (exact) mass is 224 g/mol. The highest BCUT2D eigenvalue weighted by molar-refractivity contribution is 5.79. The largest absolute Gasteiger partial charge is 0.508 e. The van der Waals surface area contributed by atoms with Crippen molar-refractivity contribution in [2.45, 2.75) is 19.5 Å². The molecule has 0 aliphatic rings. The zero-order chi connectivity index (χ0) is 12.1. The number of nitrogens with two attached hydrogens (primary N) is 1. The topological polar surface area (TPSA) is 84.6 Å². The van der Waals surface area contributed by atoms with Gasteiger partial charge in [0.2, 0.25) is 5.91 Å². The molecule has 1 rings (SSSR count). The van der Waals surface area contributed by atoms with E-state index >= 15 is 0 Å². The second-order valence-corrected chi connectivity index (χ2v) is 3.50. The van der Waals surface area contributed by atoms with E-state index in [2.05, 4.69) is 5.32 Å². The number of nitrogens with one attached hydrogen (secondary N) is 1. The van der Waals surface area contributed by atoms with Crippen LogP contribution in [0.1, 0.15) is 12.5 Å². The van der Waals surface area contributed by atoms with E-state index in [0.717, 1.165) is 0 Å². The molecule has 16 heavy (non-hydrogen) atoms. The van der Waals surface area contributed by atoms with E-state index in [1.807, 2.05) is 0 Å². The van der Waals surface area contributed by atoms with Gasteiger partial charge in [0.25, 0.3) is 0 Å². The van der Waals surface area contributed by atoms with E-state index in [0.29, 0.717) is 17.9 Å². The summed E-state index contributed by atoms with van der Waals surface area (Å²) in [4.78, 5) is 10.8. The van der Waals surface area contributed by atoms with Gasteiger partial charge < -0.3 is 20.9 Å². The van der Waals surface area contributed by atoms with Crippen LogP contribution >= 0.6 is 0 Å². The Bertz CT molecular complexity index is 379. The van der Waals surface area contributed by atoms with Crippen molar-refractivity contribution in [1.82, 2.24) is 5.32 Å². The van der Waals surface area contributed by atoms with Crippen LogP contribution in [0.5, 0.6) is 11.5 Å². The molecular formula is C11H16N2O3. The molecule has 0 bridgehead atoms. The maximum Gasteiger partial charge on any atom is 0.234 e. The van der Waals surface area contributed by atoms with Gasteiger partial charge in [0, 0.05) is 12.1 Å². The van der Waals surface area contributed by atoms with E-state index < -0.39 is 11.9 Å². The second kappa shape index (κ2) is 5.37. The Labute approximate surface area is 94.2 Å². The van der Waals surface area contributed by atoms with Crippen LogP contribution in [0.3, 0.4) is 0 Å². The van der Waals surface area contributed by atoms with Gasteiger partial charge in [0.1, 0.15) is 11.5 Å². The zero-order valence-electron chi connectivity index (χ0n) is 9.36. The molecule has 0 spiro atoms. The lowest BCUT2D eigenvalue weighted by atomic mass is 10.1. The average Bonchev–Trinajstić information content (AvgIpc) is 2.27. The quantitative estimate of drug-likeness (QED) is 0.674. The third-order valence-corrected chi connectivity index (χ3v) is 2.31. The fourth-order valence-corrected chi connectivity index (χ4v) is 1.19. The highest BCUT2D eigenvalue weighted by Gasteiger charge is 2.09. The first-order valence-electron chi connectivity index (χ1n) is 4.93. The van der Waals surface area contributed by atoms with E-state index in [9.17, 15) is 9.90 Å². The predicted molar refractivity (Wildman–Crippen MR) is 60.2 cm³/mol. The Hall–Kier alpha value is -1.75. The number of amides is 1. The molecule has 4 N–H and O–H groups in total. The first kappa shape index (κ1) is 12.3. The molecule has 0 radical (unpaired) electrons. The van der Waals surface area contributed by atoms with Crippen LogP contribution < -0.4 is 15.8 Å². The molecule has 5 heteroatoms. The molecule has 1 aromatic rings. The number of rotatable bonds is 5. The van der Waals surface area contributed by atoms with Crippen LogP contribution in [0.2, 0.25) is 0 Å². The van der Waals surface area contributed by atoms with Crippen molar-refractivity contribution in [1.29, 1.82) is 0 Å². The summed E-state index contributed by atoms with van der Waals surface area (Å²) in [7, 11) is 1.55. The summed E-state index contributed by atoms with van der Waals surface area (Å²) in [5, 5.41) is 12.5. The minimum absolute atomic E-state index is 0.157. The van der Waals surface area contributed by atoms with Crippen molar-refractivity contribution in [3.05, 3.63) is 23.8 Å². The number of phenols is 1. The highest BCUT2D eigenvalue weighted by atomic mass is 16.5. The molecule has 0 fully saturated rings. The van der Waals surface area contributed by atoms with Crippen LogP contribution in [-0.2, 0) is 11.3 Å². The number of primary amides is 1. The van der Waals surface area contributed by atoms with Gasteiger partial charge in [0.15, 0.2) is 0 Å². The summed E-state index contributed by atoms with van der Waals surface area (Å²) >= 11 is 0. The molecule has 88 valence electrons. The zero-order valence-corrected chi connectivity index (χ0v) is 9.36. The van der Waals surface area contributed by atoms with Gasteiger partial charge >= 0.3 is 0 Å². The molecule has 0 aliphatic heterocycles. The SMILES string of the molecule is COc1ccc(O)c(CN[C@@H](C)C(N)=O)c1. The smallest absolute Gasteiger partial charge is 0.234 e. The van der Waals surface area contributed by atoms with Crippen molar-refractivity contribution in [2.75, 3.05) is 7.11 Å². The lowest BCUT2D eigenvalue weighted by Gasteiger charge is -2.11. The molecular weight excluding hydrogens is 208 g/mol. The molecule has 0 heterocycles. The number of hydrogen-bond acceptors (Lipinski definition) is 4. The Morgan fingerprint density at radius 2 is 2.31 bits per heavy atom. The number of methoxy groups -OCH3 is 1. The molecule has 0 aliphatic carbocycles. The maximum absolute atomic E-state index is 10.8. The second-order valence-electron chi connectivity index (χ2n) is 3.50. The van der Waals surface area contributed by atoms with Crippen molar-refractivity contribution >= 4 is 5.91 Å². The summed E-state index contributed by atoms with van der Waals surface area (Å²) in [6, 6.07) is 4.47. The van der Waals surface area contributed by atoms with E-state index in [4.69, 9.17) is 10.5 Å². The third kappa shape index (κ3) is 3.13. The molecule has 0 aromatic heterocycles. The molecule has 0 saturated carbocycles. The van der Waals surface area contributed by atoms with Crippen molar-refractivity contribution < 1.29 is 14.6 Å². The minimum atomic E-state index is -0.439. The minimum Gasteiger partial charge on any atom is -0.508 e. The lowest BCUT2D eigenvalue weighted by molar-refractivity contribution is -0.119. The first-order valence-corrected chi connectivity index (χ1v) is 4.93. The highest BCUT2D eigenvalue weighted by Crippen LogP contribution is 2.22. The summed E-state index contributed by atoms with van der Waals surface area (Å²) < 4.78 is 5.03. The summed E-state index contributed by atoms with van der Waals surface area (Å²) in [6.07, 6.45) is 0. The normalized spacial score (nSPS) is 12.1. The lowest BCUT2D eigenvalue weighted by Crippen LogP contribution is -2.38. The maximum atomic E-state index is 10.8. The molecule has 0 unspecified atom stereocenters. The van der Waals surface area contributed by atoms with Crippen molar-refractivity contribution in [2.24, 2.45) is 5.73 Å². The van der Waals surface area contributed by atoms with Crippen molar-refractivity contribution in [3.63, 3.8) is 0 Å². The molecule has 5 nitrogen and oxygen atoms in total. The molecule has 1 aromatic carbocycles. The van der Waals surface area contributed by atoms with Crippen LogP contribution in [0.4, 0.5) is 0 Å². The summed E-state index contributed by atoms with van der Waals surface area (Å²) in [5.41, 5.74) is 5.77. The summed E-state index contributed by atoms with van der Waals surface area (Å²) in [6.45, 7) is 2.02. The van der Waals surface area contributed by atoms with Gasteiger partial charge in [-0.25, -0.2) is 0 Å². The van der Waals surface area contributed by atoms with Crippen LogP contribution in [0, 0.1) is 0 Å². The van der Waals surface area contributed by atoms with Crippen LogP contribution in [-0.4, -0.2) is 24.2 Å². The molecule has 1 atom stereocenters. The van der Waals surface area contributed by atoms with E-state index in [1.54, 1.807) is 32.2 Å². The van der Waals surface area contributed by atoms with Gasteiger partial charge in [-0.3, -0.25) is 4.79 Å². The van der Waals surface area contributed by atoms with Crippen LogP contribution in [0.15, 0.2) is 18.2 Å². The first-order chi connectivity index (χ1) is 7.54. The fourth-order valence-electron chi connectivity index (χ4n) is 1.19. The average molecular weight is 224 g/mol. The number of aromatic hydroxyl groups is 1. The fraction of sp³-hybridized carbons (Fsp3) is 0.364. The number of phenolic OH excluding ortho intramolecular Hbond substituents is 1. The molecule has 0 saturated heterocycles. The Morgan fingerprint density at radius 1 is 1.62 bits per heavy atom. The van der Waals surface area contributed by atoms with Crippen LogP contribution in [0.25, 0.3) is 0 Å². The standard InChI is InChI=1S/C11H16N2O3/c1-7(11(12)15)13-6-8-5-9(16-2)3-4-10(8)14/h3-5,7,13-14H,6H2,1-2H3,(H2,12,15)/t7-/m0/s1. The molecule has 1 amide bonds. The van der Waals surface area contributed by atoms with Gasteiger partial charge in [-0.1, -0.05) is 0 Å².